The van der Waals surface area contributed by atoms with Gasteiger partial charge in [0.1, 0.15) is 12.4 Å². The molecule has 1 saturated heterocycles. The molecule has 2 aliphatic rings. The van der Waals surface area contributed by atoms with Gasteiger partial charge in [-0.05, 0) is 65.3 Å². The van der Waals surface area contributed by atoms with E-state index >= 15 is 0 Å². The van der Waals surface area contributed by atoms with E-state index in [0.29, 0.717) is 19.7 Å². The van der Waals surface area contributed by atoms with Gasteiger partial charge < -0.3 is 9.84 Å². The lowest BCUT2D eigenvalue weighted by Gasteiger charge is -2.38. The molecular formula is C29H29NO3. The van der Waals surface area contributed by atoms with Crippen LogP contribution in [-0.2, 0) is 17.8 Å². The maximum Gasteiger partial charge on any atom is 0.309 e. The van der Waals surface area contributed by atoms with E-state index in [-0.39, 0.29) is 5.92 Å². The number of allylic oxidation sites excluding steroid dienone is 1. The van der Waals surface area contributed by atoms with E-state index in [2.05, 4.69) is 78.6 Å². The van der Waals surface area contributed by atoms with Crippen LogP contribution in [-0.4, -0.2) is 35.6 Å². The van der Waals surface area contributed by atoms with Crippen molar-refractivity contribution in [2.75, 3.05) is 19.6 Å². The van der Waals surface area contributed by atoms with Crippen molar-refractivity contribution in [2.24, 2.45) is 5.92 Å². The molecule has 0 radical (unpaired) electrons. The maximum atomic E-state index is 11.0. The van der Waals surface area contributed by atoms with Crippen LogP contribution in [0.5, 0.6) is 5.75 Å². The number of carboxylic acids is 1. The van der Waals surface area contributed by atoms with Gasteiger partial charge in [0.05, 0.1) is 5.92 Å². The lowest BCUT2D eigenvalue weighted by molar-refractivity contribution is -0.147. The molecule has 1 N–H and O–H groups in total. The van der Waals surface area contributed by atoms with Gasteiger partial charge in [-0.1, -0.05) is 66.2 Å². The summed E-state index contributed by atoms with van der Waals surface area (Å²) in [7, 11) is 0. The number of rotatable bonds is 7. The van der Waals surface area contributed by atoms with Gasteiger partial charge in [-0.25, -0.2) is 0 Å². The minimum atomic E-state index is -0.675. The van der Waals surface area contributed by atoms with E-state index in [1.165, 1.54) is 33.4 Å². The van der Waals surface area contributed by atoms with Crippen LogP contribution < -0.4 is 4.74 Å². The van der Waals surface area contributed by atoms with Gasteiger partial charge in [0.25, 0.3) is 0 Å². The van der Waals surface area contributed by atoms with Crippen LogP contribution in [0.25, 0.3) is 16.7 Å². The highest BCUT2D eigenvalue weighted by Crippen LogP contribution is 2.34. The van der Waals surface area contributed by atoms with Crippen molar-refractivity contribution >= 4 is 11.5 Å². The molecule has 1 aliphatic heterocycles. The largest absolute Gasteiger partial charge is 0.489 e. The molecule has 0 atom stereocenters. The summed E-state index contributed by atoms with van der Waals surface area (Å²) in [4.78, 5) is 13.3. The molecular weight excluding hydrogens is 410 g/mol. The fourth-order valence-corrected chi connectivity index (χ4v) is 4.81. The zero-order valence-electron chi connectivity index (χ0n) is 19.0. The molecule has 3 aromatic carbocycles. The number of fused-ring (bicyclic) bond motifs is 1. The molecule has 4 heteroatoms. The summed E-state index contributed by atoms with van der Waals surface area (Å²) in [5, 5.41) is 9.09. The third-order valence-corrected chi connectivity index (χ3v) is 6.89. The van der Waals surface area contributed by atoms with Crippen LogP contribution in [0.15, 0.2) is 78.4 Å². The summed E-state index contributed by atoms with van der Waals surface area (Å²) in [5.41, 5.74) is 8.98. The predicted molar refractivity (Wildman–Crippen MR) is 131 cm³/mol. The molecule has 1 aliphatic carbocycles. The maximum absolute atomic E-state index is 11.0. The molecule has 0 bridgehead atoms. The SMILES string of the molecule is CC1=C(CN2CC(C(=O)O)C2)CCc2cc(OCc3ccc(-c4ccccc4)cc3)ccc21. The Labute approximate surface area is 195 Å². The molecule has 0 saturated carbocycles. The molecule has 1 fully saturated rings. The lowest BCUT2D eigenvalue weighted by atomic mass is 9.85. The number of hydrogen-bond acceptors (Lipinski definition) is 3. The standard InChI is InChI=1S/C29H29NO3/c1-20-25(16-30-17-26(18-30)29(31)32)12-11-24-15-27(13-14-28(20)24)33-19-21-7-9-23(10-8-21)22-5-3-2-4-6-22/h2-10,13-15,26H,11-12,16-19H2,1H3,(H,31,32). The van der Waals surface area contributed by atoms with Crippen molar-refractivity contribution in [2.45, 2.75) is 26.4 Å². The first kappa shape index (κ1) is 21.5. The fourth-order valence-electron chi connectivity index (χ4n) is 4.81. The van der Waals surface area contributed by atoms with E-state index in [9.17, 15) is 4.79 Å². The summed E-state index contributed by atoms with van der Waals surface area (Å²) < 4.78 is 6.11. The van der Waals surface area contributed by atoms with E-state index in [1.54, 1.807) is 0 Å². The number of benzene rings is 3. The first-order valence-corrected chi connectivity index (χ1v) is 11.6. The zero-order chi connectivity index (χ0) is 22.8. The van der Waals surface area contributed by atoms with Gasteiger partial charge >= 0.3 is 5.97 Å². The van der Waals surface area contributed by atoms with Crippen LogP contribution in [0.4, 0.5) is 0 Å². The number of hydrogen-bond donors (Lipinski definition) is 1. The first-order valence-electron chi connectivity index (χ1n) is 11.6. The second-order valence-electron chi connectivity index (χ2n) is 9.13. The topological polar surface area (TPSA) is 49.8 Å². The minimum absolute atomic E-state index is 0.198. The van der Waals surface area contributed by atoms with Crippen molar-refractivity contribution in [3.05, 3.63) is 95.1 Å². The summed E-state index contributed by atoms with van der Waals surface area (Å²) in [6.45, 7) is 4.95. The summed E-state index contributed by atoms with van der Waals surface area (Å²) in [5.74, 6) is 0.0332. The van der Waals surface area contributed by atoms with Crippen LogP contribution in [0.1, 0.15) is 30.0 Å². The Morgan fingerprint density at radius 1 is 0.970 bits per heavy atom. The molecule has 168 valence electrons. The van der Waals surface area contributed by atoms with Gasteiger partial charge in [-0.3, -0.25) is 9.69 Å². The molecule has 0 aromatic heterocycles. The number of aryl methyl sites for hydroxylation is 1. The van der Waals surface area contributed by atoms with Crippen molar-refractivity contribution in [1.29, 1.82) is 0 Å². The Morgan fingerprint density at radius 2 is 1.70 bits per heavy atom. The highest BCUT2D eigenvalue weighted by Gasteiger charge is 2.33. The van der Waals surface area contributed by atoms with E-state index in [1.807, 2.05) is 6.07 Å². The second-order valence-corrected chi connectivity index (χ2v) is 9.13. The Kier molecular flexibility index (Phi) is 6.01. The van der Waals surface area contributed by atoms with Crippen molar-refractivity contribution < 1.29 is 14.6 Å². The average Bonchev–Trinajstić information content (AvgIpc) is 2.81. The molecule has 5 rings (SSSR count). The van der Waals surface area contributed by atoms with Crippen molar-refractivity contribution in [3.8, 4) is 16.9 Å². The number of ether oxygens (including phenoxy) is 1. The van der Waals surface area contributed by atoms with Crippen LogP contribution >= 0.6 is 0 Å². The van der Waals surface area contributed by atoms with E-state index in [0.717, 1.165) is 30.7 Å². The molecule has 0 unspecified atom stereocenters. The Morgan fingerprint density at radius 3 is 2.42 bits per heavy atom. The number of likely N-dealkylation sites (tertiary alicyclic amines) is 1. The zero-order valence-corrected chi connectivity index (χ0v) is 19.0. The van der Waals surface area contributed by atoms with Gasteiger partial charge in [-0.2, -0.15) is 0 Å². The molecule has 4 nitrogen and oxygen atoms in total. The number of carboxylic acid groups (broad SMARTS) is 1. The lowest BCUT2D eigenvalue weighted by Crippen LogP contribution is -2.50. The molecule has 33 heavy (non-hydrogen) atoms. The van der Waals surface area contributed by atoms with Gasteiger partial charge in [0.2, 0.25) is 0 Å². The smallest absolute Gasteiger partial charge is 0.309 e. The normalized spacial score (nSPS) is 16.3. The van der Waals surface area contributed by atoms with Crippen LogP contribution in [0.2, 0.25) is 0 Å². The summed E-state index contributed by atoms with van der Waals surface area (Å²) in [6.07, 6.45) is 2.03. The monoisotopic (exact) mass is 439 g/mol. The molecule has 0 amide bonds. The highest BCUT2D eigenvalue weighted by atomic mass is 16.5. The highest BCUT2D eigenvalue weighted by molar-refractivity contribution is 5.73. The number of nitrogens with zero attached hydrogens (tertiary/aromatic N) is 1. The van der Waals surface area contributed by atoms with Gasteiger partial charge in [-0.15, -0.1) is 0 Å². The van der Waals surface area contributed by atoms with E-state index < -0.39 is 5.97 Å². The van der Waals surface area contributed by atoms with Crippen molar-refractivity contribution in [1.82, 2.24) is 4.90 Å². The Balaban J connectivity index is 1.21. The summed E-state index contributed by atoms with van der Waals surface area (Å²) >= 11 is 0. The average molecular weight is 440 g/mol. The molecule has 3 aromatic rings. The number of carbonyl (C=O) groups is 1. The predicted octanol–water partition coefficient (Wildman–Crippen LogP) is 5.67. The van der Waals surface area contributed by atoms with Crippen LogP contribution in [0, 0.1) is 5.92 Å². The third-order valence-electron chi connectivity index (χ3n) is 6.89. The molecule has 0 spiro atoms. The number of aliphatic carboxylic acids is 1. The minimum Gasteiger partial charge on any atom is -0.489 e. The molecule has 1 heterocycles. The second kappa shape index (κ2) is 9.24. The quantitative estimate of drug-likeness (QED) is 0.515. The Hall–Kier alpha value is -3.37. The fraction of sp³-hybridized carbons (Fsp3) is 0.276. The third kappa shape index (κ3) is 4.71. The Bertz CT molecular complexity index is 1180. The van der Waals surface area contributed by atoms with E-state index in [4.69, 9.17) is 9.84 Å². The van der Waals surface area contributed by atoms with Gasteiger partial charge in [0, 0.05) is 19.6 Å². The van der Waals surface area contributed by atoms with Crippen LogP contribution in [0.3, 0.4) is 0 Å². The first-order chi connectivity index (χ1) is 16.1. The summed E-state index contributed by atoms with van der Waals surface area (Å²) in [6, 6.07) is 25.4. The van der Waals surface area contributed by atoms with Crippen molar-refractivity contribution in [3.63, 3.8) is 0 Å². The van der Waals surface area contributed by atoms with Gasteiger partial charge in [0.15, 0.2) is 0 Å².